The van der Waals surface area contributed by atoms with Gasteiger partial charge in [0, 0.05) is 11.9 Å². The molecule has 0 saturated heterocycles. The van der Waals surface area contributed by atoms with Gasteiger partial charge in [0.25, 0.3) is 5.69 Å². The van der Waals surface area contributed by atoms with Gasteiger partial charge >= 0.3 is 5.97 Å². The molecule has 0 aliphatic carbocycles. The molecule has 0 N–H and O–H groups in total. The lowest BCUT2D eigenvalue weighted by Gasteiger charge is -2.10. The fourth-order valence-corrected chi connectivity index (χ4v) is 1.66. The Kier molecular flexibility index (Phi) is 4.91. The van der Waals surface area contributed by atoms with Crippen molar-refractivity contribution in [3.05, 3.63) is 33.4 Å². The Morgan fingerprint density at radius 3 is 2.56 bits per heavy atom. The second-order valence-corrected chi connectivity index (χ2v) is 3.71. The van der Waals surface area contributed by atoms with Gasteiger partial charge in [-0.15, -0.1) is 11.6 Å². The number of nitrogens with zero attached hydrogens (tertiary/aromatic N) is 1. The number of esters is 1. The number of carbonyl (C=O) groups is 1. The van der Waals surface area contributed by atoms with E-state index in [-0.39, 0.29) is 29.3 Å². The van der Waals surface area contributed by atoms with Gasteiger partial charge in [0.1, 0.15) is 5.75 Å². The van der Waals surface area contributed by atoms with Crippen molar-refractivity contribution in [2.75, 3.05) is 14.2 Å². The van der Waals surface area contributed by atoms with Crippen LogP contribution < -0.4 is 4.74 Å². The van der Waals surface area contributed by atoms with Crippen molar-refractivity contribution >= 4 is 23.3 Å². The lowest BCUT2D eigenvalue weighted by atomic mass is 10.1. The number of ether oxygens (including phenoxy) is 2. The monoisotopic (exact) mass is 273 g/mol. The first-order valence-electron chi connectivity index (χ1n) is 5.00. The number of rotatable bonds is 5. The van der Waals surface area contributed by atoms with Gasteiger partial charge in [-0.3, -0.25) is 14.9 Å². The molecule has 7 heteroatoms. The minimum atomic E-state index is -0.574. The van der Waals surface area contributed by atoms with Gasteiger partial charge in [-0.25, -0.2) is 0 Å². The zero-order valence-corrected chi connectivity index (χ0v) is 10.7. The summed E-state index contributed by atoms with van der Waals surface area (Å²) in [5.41, 5.74) is 0.535. The lowest BCUT2D eigenvalue weighted by molar-refractivity contribution is -0.385. The molecule has 0 atom stereocenters. The Morgan fingerprint density at radius 2 is 2.11 bits per heavy atom. The Hall–Kier alpha value is -1.82. The minimum absolute atomic E-state index is 0.121. The molecular formula is C11H12ClNO5. The van der Waals surface area contributed by atoms with E-state index in [4.69, 9.17) is 16.3 Å². The maximum Gasteiger partial charge on any atom is 0.310 e. The molecule has 6 nitrogen and oxygen atoms in total. The molecule has 0 aliphatic heterocycles. The topological polar surface area (TPSA) is 78.7 Å². The lowest BCUT2D eigenvalue weighted by Crippen LogP contribution is -2.09. The zero-order valence-electron chi connectivity index (χ0n) is 9.94. The first kappa shape index (κ1) is 14.2. The van der Waals surface area contributed by atoms with Gasteiger partial charge in [0.05, 0.1) is 31.1 Å². The van der Waals surface area contributed by atoms with Crippen molar-refractivity contribution < 1.29 is 19.2 Å². The van der Waals surface area contributed by atoms with Crippen LogP contribution in [-0.4, -0.2) is 25.1 Å². The summed E-state index contributed by atoms with van der Waals surface area (Å²) in [6, 6.07) is 2.89. The first-order chi connectivity index (χ1) is 8.53. The highest BCUT2D eigenvalue weighted by molar-refractivity contribution is 6.17. The molecule has 0 aliphatic rings. The van der Waals surface area contributed by atoms with E-state index in [0.717, 1.165) is 0 Å². The van der Waals surface area contributed by atoms with Crippen LogP contribution in [0.3, 0.4) is 0 Å². The van der Waals surface area contributed by atoms with E-state index in [1.165, 1.54) is 20.3 Å². The number of alkyl halides is 1. The minimum Gasteiger partial charge on any atom is -0.496 e. The predicted octanol–water partition coefficient (Wildman–Crippen LogP) is 2.06. The van der Waals surface area contributed by atoms with E-state index in [2.05, 4.69) is 4.74 Å². The van der Waals surface area contributed by atoms with Crippen LogP contribution in [-0.2, 0) is 21.8 Å². The second-order valence-electron chi connectivity index (χ2n) is 3.44. The smallest absolute Gasteiger partial charge is 0.310 e. The van der Waals surface area contributed by atoms with Crippen LogP contribution in [0.1, 0.15) is 11.1 Å². The molecule has 0 fully saturated rings. The van der Waals surface area contributed by atoms with Crippen LogP contribution in [0.15, 0.2) is 12.1 Å². The molecule has 0 aromatic heterocycles. The van der Waals surface area contributed by atoms with E-state index in [1.807, 2.05) is 0 Å². The van der Waals surface area contributed by atoms with Crippen LogP contribution in [0.2, 0.25) is 0 Å². The Bertz CT molecular complexity index is 475. The van der Waals surface area contributed by atoms with Crippen LogP contribution in [0.4, 0.5) is 5.69 Å². The molecule has 0 bridgehead atoms. The molecular weight excluding hydrogens is 262 g/mol. The molecule has 1 rings (SSSR count). The average Bonchev–Trinajstić information content (AvgIpc) is 2.38. The van der Waals surface area contributed by atoms with E-state index < -0.39 is 10.9 Å². The molecule has 0 amide bonds. The molecule has 0 unspecified atom stereocenters. The SMILES string of the molecule is COC(=O)Cc1c(OC)cc(CCl)cc1[N+](=O)[O-]. The van der Waals surface area contributed by atoms with Crippen molar-refractivity contribution in [1.82, 2.24) is 0 Å². The number of nitro benzene ring substituents is 1. The average molecular weight is 274 g/mol. The summed E-state index contributed by atoms with van der Waals surface area (Å²) in [6.07, 6.45) is -0.224. The van der Waals surface area contributed by atoms with Gasteiger partial charge in [0.15, 0.2) is 0 Å². The highest BCUT2D eigenvalue weighted by Gasteiger charge is 2.22. The quantitative estimate of drug-likeness (QED) is 0.355. The number of hydrogen-bond acceptors (Lipinski definition) is 5. The normalized spacial score (nSPS) is 9.94. The summed E-state index contributed by atoms with van der Waals surface area (Å²) >= 11 is 5.65. The van der Waals surface area contributed by atoms with Crippen LogP contribution in [0.25, 0.3) is 0 Å². The van der Waals surface area contributed by atoms with Crippen molar-refractivity contribution in [2.24, 2.45) is 0 Å². The highest BCUT2D eigenvalue weighted by atomic mass is 35.5. The highest BCUT2D eigenvalue weighted by Crippen LogP contribution is 2.31. The number of hydrogen-bond donors (Lipinski definition) is 0. The number of carbonyl (C=O) groups excluding carboxylic acids is 1. The maximum absolute atomic E-state index is 11.3. The molecule has 0 spiro atoms. The fraction of sp³-hybridized carbons (Fsp3) is 0.364. The maximum atomic E-state index is 11.3. The summed E-state index contributed by atoms with van der Waals surface area (Å²) in [6.45, 7) is 0. The first-order valence-corrected chi connectivity index (χ1v) is 5.53. The molecule has 1 aromatic carbocycles. The summed E-state index contributed by atoms with van der Waals surface area (Å²) in [4.78, 5) is 21.7. The van der Waals surface area contributed by atoms with Crippen LogP contribution in [0.5, 0.6) is 5.75 Å². The van der Waals surface area contributed by atoms with Gasteiger partial charge in [-0.1, -0.05) is 0 Å². The molecule has 0 radical (unpaired) electrons. The van der Waals surface area contributed by atoms with E-state index in [0.29, 0.717) is 5.56 Å². The third kappa shape index (κ3) is 3.10. The third-order valence-corrected chi connectivity index (χ3v) is 2.67. The van der Waals surface area contributed by atoms with E-state index in [9.17, 15) is 14.9 Å². The molecule has 0 saturated carbocycles. The number of nitro groups is 1. The van der Waals surface area contributed by atoms with Gasteiger partial charge in [-0.05, 0) is 11.6 Å². The van der Waals surface area contributed by atoms with Gasteiger partial charge < -0.3 is 9.47 Å². The number of benzene rings is 1. The predicted molar refractivity (Wildman–Crippen MR) is 64.9 cm³/mol. The second kappa shape index (κ2) is 6.20. The zero-order chi connectivity index (χ0) is 13.7. The van der Waals surface area contributed by atoms with Crippen molar-refractivity contribution in [3.8, 4) is 5.75 Å². The van der Waals surface area contributed by atoms with E-state index >= 15 is 0 Å². The number of methoxy groups -OCH3 is 2. The largest absolute Gasteiger partial charge is 0.496 e. The van der Waals surface area contributed by atoms with Crippen molar-refractivity contribution in [1.29, 1.82) is 0 Å². The summed E-state index contributed by atoms with van der Waals surface area (Å²) in [5, 5.41) is 11.0. The Balaban J connectivity index is 3.34. The van der Waals surface area contributed by atoms with Crippen molar-refractivity contribution in [3.63, 3.8) is 0 Å². The number of halogens is 1. The van der Waals surface area contributed by atoms with Gasteiger partial charge in [0.2, 0.25) is 0 Å². The summed E-state index contributed by atoms with van der Waals surface area (Å²) < 4.78 is 9.55. The molecule has 0 heterocycles. The molecule has 98 valence electrons. The van der Waals surface area contributed by atoms with Crippen molar-refractivity contribution in [2.45, 2.75) is 12.3 Å². The fourth-order valence-electron chi connectivity index (χ4n) is 1.50. The summed E-state index contributed by atoms with van der Waals surface area (Å²) in [7, 11) is 2.59. The summed E-state index contributed by atoms with van der Waals surface area (Å²) in [5.74, 6) is -0.198. The standard InChI is InChI=1S/C11H12ClNO5/c1-17-10-4-7(6-12)3-9(13(15)16)8(10)5-11(14)18-2/h3-4H,5-6H2,1-2H3. The van der Waals surface area contributed by atoms with Crippen LogP contribution >= 0.6 is 11.6 Å². The molecule has 1 aromatic rings. The van der Waals surface area contributed by atoms with Gasteiger partial charge in [-0.2, -0.15) is 0 Å². The Labute approximate surface area is 109 Å². The van der Waals surface area contributed by atoms with E-state index in [1.54, 1.807) is 6.07 Å². The molecule has 18 heavy (non-hydrogen) atoms. The van der Waals surface area contributed by atoms with Crippen LogP contribution in [0, 0.1) is 10.1 Å². The third-order valence-electron chi connectivity index (χ3n) is 2.36. The Morgan fingerprint density at radius 1 is 1.44 bits per heavy atom.